The van der Waals surface area contributed by atoms with E-state index >= 15 is 0 Å². The zero-order valence-electron chi connectivity index (χ0n) is 12.0. The molecule has 1 heterocycles. The highest BCUT2D eigenvalue weighted by atomic mass is 19.1. The van der Waals surface area contributed by atoms with Crippen LogP contribution in [0.1, 0.15) is 30.9 Å². The molecule has 5 nitrogen and oxygen atoms in total. The molecule has 0 radical (unpaired) electrons. The first-order valence-corrected chi connectivity index (χ1v) is 7.24. The lowest BCUT2D eigenvalue weighted by Gasteiger charge is -2.24. The maximum absolute atomic E-state index is 13.5. The van der Waals surface area contributed by atoms with Crippen molar-refractivity contribution in [3.05, 3.63) is 58.5 Å². The average molecular weight is 301 g/mol. The lowest BCUT2D eigenvalue weighted by atomic mass is 9.83. The van der Waals surface area contributed by atoms with Gasteiger partial charge in [-0.05, 0) is 25.0 Å². The Labute approximate surface area is 126 Å². The van der Waals surface area contributed by atoms with Crippen molar-refractivity contribution in [3.63, 3.8) is 0 Å². The van der Waals surface area contributed by atoms with Gasteiger partial charge in [0.05, 0.1) is 17.7 Å². The fraction of sp³-hybridized carbons (Fsp3) is 0.312. The van der Waals surface area contributed by atoms with Crippen LogP contribution >= 0.6 is 0 Å². The average Bonchev–Trinajstić information content (AvgIpc) is 2.42. The predicted molar refractivity (Wildman–Crippen MR) is 80.1 cm³/mol. The van der Waals surface area contributed by atoms with Crippen LogP contribution in [0.5, 0.6) is 0 Å². The highest BCUT2D eigenvalue weighted by Crippen LogP contribution is 2.34. The number of para-hydroxylation sites is 1. The molecule has 0 spiro atoms. The number of aromatic nitrogens is 2. The smallest absolute Gasteiger partial charge is 0.254 e. The number of rotatable bonds is 4. The highest BCUT2D eigenvalue weighted by Gasteiger charge is 2.21. The summed E-state index contributed by atoms with van der Waals surface area (Å²) >= 11 is 0. The van der Waals surface area contributed by atoms with Crippen molar-refractivity contribution in [2.45, 2.75) is 31.7 Å². The van der Waals surface area contributed by atoms with Gasteiger partial charge in [0.15, 0.2) is 0 Å². The molecule has 0 unspecified atom stereocenters. The Kier molecular flexibility index (Phi) is 4.00. The molecule has 1 N–H and O–H groups in total. The zero-order valence-corrected chi connectivity index (χ0v) is 12.0. The van der Waals surface area contributed by atoms with E-state index in [1.807, 2.05) is 0 Å². The number of nitrogens with zero attached hydrogens (tertiary/aromatic N) is 2. The Hall–Kier alpha value is -2.50. The minimum absolute atomic E-state index is 0.0968. The number of carbonyl (C=O) groups is 1. The molecule has 1 aliphatic rings. The lowest BCUT2D eigenvalue weighted by Crippen LogP contribution is -2.29. The van der Waals surface area contributed by atoms with Gasteiger partial charge in [-0.25, -0.2) is 9.37 Å². The first kappa shape index (κ1) is 14.4. The SMILES string of the molecule is O=C(Cn1cnc(C2CCC2)cc1=O)Nc1ccccc1F. The van der Waals surface area contributed by atoms with E-state index in [0.717, 1.165) is 18.5 Å². The van der Waals surface area contributed by atoms with Gasteiger partial charge in [-0.1, -0.05) is 18.6 Å². The van der Waals surface area contributed by atoms with Crippen LogP contribution < -0.4 is 10.9 Å². The molecule has 0 saturated heterocycles. The van der Waals surface area contributed by atoms with Gasteiger partial charge in [0.1, 0.15) is 12.4 Å². The third kappa shape index (κ3) is 3.05. The van der Waals surface area contributed by atoms with Gasteiger partial charge in [-0.2, -0.15) is 0 Å². The van der Waals surface area contributed by atoms with Crippen LogP contribution in [0.25, 0.3) is 0 Å². The molecule has 2 aromatic rings. The standard InChI is InChI=1S/C16H16FN3O2/c17-12-6-1-2-7-13(12)19-15(21)9-20-10-18-14(8-16(20)22)11-4-3-5-11/h1-2,6-8,10-11H,3-5,9H2,(H,19,21). The van der Waals surface area contributed by atoms with Crippen molar-refractivity contribution < 1.29 is 9.18 Å². The molecule has 1 aromatic heterocycles. The molecular formula is C16H16FN3O2. The lowest BCUT2D eigenvalue weighted by molar-refractivity contribution is -0.116. The quantitative estimate of drug-likeness (QED) is 0.942. The second kappa shape index (κ2) is 6.09. The Morgan fingerprint density at radius 3 is 2.77 bits per heavy atom. The van der Waals surface area contributed by atoms with E-state index in [-0.39, 0.29) is 17.8 Å². The summed E-state index contributed by atoms with van der Waals surface area (Å²) in [7, 11) is 0. The molecule has 22 heavy (non-hydrogen) atoms. The molecule has 1 amide bonds. The van der Waals surface area contributed by atoms with Crippen LogP contribution in [0, 0.1) is 5.82 Å². The van der Waals surface area contributed by atoms with E-state index in [4.69, 9.17) is 0 Å². The summed E-state index contributed by atoms with van der Waals surface area (Å²) in [5.74, 6) is -0.610. The largest absolute Gasteiger partial charge is 0.322 e. The second-order valence-corrected chi connectivity index (χ2v) is 5.44. The van der Waals surface area contributed by atoms with E-state index in [1.54, 1.807) is 12.1 Å². The monoisotopic (exact) mass is 301 g/mol. The minimum atomic E-state index is -0.512. The van der Waals surface area contributed by atoms with Gasteiger partial charge in [0.25, 0.3) is 5.56 Å². The van der Waals surface area contributed by atoms with Crippen molar-refractivity contribution in [2.24, 2.45) is 0 Å². The maximum Gasteiger partial charge on any atom is 0.254 e. The van der Waals surface area contributed by atoms with E-state index in [0.29, 0.717) is 5.92 Å². The maximum atomic E-state index is 13.5. The molecule has 1 saturated carbocycles. The van der Waals surface area contributed by atoms with Crippen molar-refractivity contribution in [1.82, 2.24) is 9.55 Å². The number of halogens is 1. The van der Waals surface area contributed by atoms with Crippen LogP contribution in [-0.2, 0) is 11.3 Å². The zero-order chi connectivity index (χ0) is 15.5. The van der Waals surface area contributed by atoms with Crippen LogP contribution in [0.2, 0.25) is 0 Å². The highest BCUT2D eigenvalue weighted by molar-refractivity contribution is 5.90. The minimum Gasteiger partial charge on any atom is -0.322 e. The topological polar surface area (TPSA) is 64.0 Å². The van der Waals surface area contributed by atoms with Gasteiger partial charge < -0.3 is 5.32 Å². The summed E-state index contributed by atoms with van der Waals surface area (Å²) in [5, 5.41) is 2.44. The Morgan fingerprint density at radius 1 is 1.36 bits per heavy atom. The van der Waals surface area contributed by atoms with Gasteiger partial charge in [0, 0.05) is 12.0 Å². The molecule has 1 fully saturated rings. The molecule has 1 aliphatic carbocycles. The summed E-state index contributed by atoms with van der Waals surface area (Å²) < 4.78 is 14.7. The van der Waals surface area contributed by atoms with E-state index in [1.165, 1.54) is 35.5 Å². The number of amides is 1. The van der Waals surface area contributed by atoms with Crippen LogP contribution in [-0.4, -0.2) is 15.5 Å². The fourth-order valence-corrected chi connectivity index (χ4v) is 2.39. The number of nitrogens with one attached hydrogen (secondary N) is 1. The van der Waals surface area contributed by atoms with Crippen LogP contribution in [0.15, 0.2) is 41.5 Å². The van der Waals surface area contributed by atoms with Gasteiger partial charge in [-0.3, -0.25) is 14.2 Å². The summed E-state index contributed by atoms with van der Waals surface area (Å²) in [4.78, 5) is 28.2. The molecule has 114 valence electrons. The first-order chi connectivity index (χ1) is 10.6. The van der Waals surface area contributed by atoms with Crippen LogP contribution in [0.3, 0.4) is 0 Å². The normalized spacial score (nSPS) is 14.4. The molecule has 6 heteroatoms. The number of hydrogen-bond acceptors (Lipinski definition) is 3. The summed E-state index contributed by atoms with van der Waals surface area (Å²) in [6.07, 6.45) is 4.67. The number of carbonyl (C=O) groups excluding carboxylic acids is 1. The van der Waals surface area contributed by atoms with Gasteiger partial charge >= 0.3 is 0 Å². The first-order valence-electron chi connectivity index (χ1n) is 7.24. The summed E-state index contributed by atoms with van der Waals surface area (Å²) in [5.41, 5.74) is 0.627. The number of hydrogen-bond donors (Lipinski definition) is 1. The van der Waals surface area contributed by atoms with Crippen molar-refractivity contribution >= 4 is 11.6 Å². The molecule has 3 rings (SSSR count). The predicted octanol–water partition coefficient (Wildman–Crippen LogP) is 2.29. The Balaban J connectivity index is 1.69. The number of anilines is 1. The second-order valence-electron chi connectivity index (χ2n) is 5.44. The third-order valence-corrected chi connectivity index (χ3v) is 3.89. The molecule has 0 bridgehead atoms. The van der Waals surface area contributed by atoms with E-state index in [9.17, 15) is 14.0 Å². The molecule has 1 aromatic carbocycles. The van der Waals surface area contributed by atoms with Crippen molar-refractivity contribution in [3.8, 4) is 0 Å². The summed E-state index contributed by atoms with van der Waals surface area (Å²) in [6.45, 7) is -0.189. The molecular weight excluding hydrogens is 285 g/mol. The van der Waals surface area contributed by atoms with Crippen molar-refractivity contribution in [2.75, 3.05) is 5.32 Å². The van der Waals surface area contributed by atoms with E-state index in [2.05, 4.69) is 10.3 Å². The third-order valence-electron chi connectivity index (χ3n) is 3.89. The molecule has 0 atom stereocenters. The van der Waals surface area contributed by atoms with Crippen LogP contribution in [0.4, 0.5) is 10.1 Å². The van der Waals surface area contributed by atoms with Gasteiger partial charge in [0.2, 0.25) is 5.91 Å². The summed E-state index contributed by atoms with van der Waals surface area (Å²) in [6, 6.07) is 7.38. The fourth-order valence-electron chi connectivity index (χ4n) is 2.39. The molecule has 0 aliphatic heterocycles. The number of benzene rings is 1. The van der Waals surface area contributed by atoms with Gasteiger partial charge in [-0.15, -0.1) is 0 Å². The van der Waals surface area contributed by atoms with E-state index < -0.39 is 11.7 Å². The Morgan fingerprint density at radius 2 is 2.14 bits per heavy atom. The Bertz CT molecular complexity index is 753. The van der Waals surface area contributed by atoms with Crippen molar-refractivity contribution in [1.29, 1.82) is 0 Å².